The van der Waals surface area contributed by atoms with Crippen LogP contribution in [0.4, 0.5) is 0 Å². The Morgan fingerprint density at radius 3 is 2.50 bits per heavy atom. The van der Waals surface area contributed by atoms with E-state index in [4.69, 9.17) is 0 Å². The molecule has 4 heteroatoms. The Morgan fingerprint density at radius 2 is 1.83 bits per heavy atom. The lowest BCUT2D eigenvalue weighted by Gasteiger charge is -2.26. The molecule has 1 heterocycles. The zero-order valence-corrected chi connectivity index (χ0v) is 13.4. The molecule has 1 aliphatic heterocycles. The van der Waals surface area contributed by atoms with E-state index in [1.807, 2.05) is 4.90 Å². The molecule has 1 amide bonds. The minimum absolute atomic E-state index is 0.310. The highest BCUT2D eigenvalue weighted by molar-refractivity contribution is 14.1. The number of hydrogen-bond donors (Lipinski definition) is 0. The second kappa shape index (κ2) is 7.38. The van der Waals surface area contributed by atoms with Crippen LogP contribution in [0.25, 0.3) is 0 Å². The standard InChI is InChI=1S/C14H18INOS/c15-13-6-4-12(5-7-13)10-18-11-14(17)16-8-2-1-3-9-16/h4-7H,1-3,8-11H2. The number of hydrogen-bond acceptors (Lipinski definition) is 2. The molecule has 0 spiro atoms. The third kappa shape index (κ3) is 4.46. The SMILES string of the molecule is O=C(CSCc1ccc(I)cc1)N1CCCCC1. The molecule has 1 fully saturated rings. The summed E-state index contributed by atoms with van der Waals surface area (Å²) in [4.78, 5) is 14.0. The second-order valence-corrected chi connectivity index (χ2v) is 6.79. The monoisotopic (exact) mass is 375 g/mol. The van der Waals surface area contributed by atoms with Gasteiger partial charge in [0, 0.05) is 22.4 Å². The zero-order chi connectivity index (χ0) is 12.8. The van der Waals surface area contributed by atoms with Crippen molar-refractivity contribution in [3.8, 4) is 0 Å². The number of carbonyl (C=O) groups is 1. The summed E-state index contributed by atoms with van der Waals surface area (Å²) in [5.41, 5.74) is 1.30. The molecule has 0 aliphatic carbocycles. The Labute approximate surface area is 127 Å². The fourth-order valence-corrected chi connectivity index (χ4v) is 3.32. The van der Waals surface area contributed by atoms with Crippen molar-refractivity contribution < 1.29 is 4.79 Å². The molecular weight excluding hydrogens is 357 g/mol. The van der Waals surface area contributed by atoms with Crippen molar-refractivity contribution in [1.29, 1.82) is 0 Å². The maximum absolute atomic E-state index is 11.9. The first-order valence-corrected chi connectivity index (χ1v) is 8.59. The fourth-order valence-electron chi connectivity index (χ4n) is 2.07. The lowest BCUT2D eigenvalue weighted by Crippen LogP contribution is -2.36. The molecule has 1 aromatic rings. The average Bonchev–Trinajstić information content (AvgIpc) is 2.42. The van der Waals surface area contributed by atoms with Gasteiger partial charge in [-0.3, -0.25) is 4.79 Å². The second-order valence-electron chi connectivity index (χ2n) is 4.56. The van der Waals surface area contributed by atoms with E-state index in [9.17, 15) is 4.79 Å². The summed E-state index contributed by atoms with van der Waals surface area (Å²) in [7, 11) is 0. The maximum atomic E-state index is 11.9. The number of likely N-dealkylation sites (tertiary alicyclic amines) is 1. The van der Waals surface area contributed by atoms with Crippen molar-refractivity contribution in [1.82, 2.24) is 4.90 Å². The molecule has 0 aromatic heterocycles. The first-order chi connectivity index (χ1) is 8.75. The summed E-state index contributed by atoms with van der Waals surface area (Å²) in [6.45, 7) is 1.92. The molecule has 18 heavy (non-hydrogen) atoms. The van der Waals surface area contributed by atoms with Crippen LogP contribution in [0.2, 0.25) is 0 Å². The average molecular weight is 375 g/mol. The Hall–Kier alpha value is -0.230. The summed E-state index contributed by atoms with van der Waals surface area (Å²) in [5, 5.41) is 0. The molecule has 2 rings (SSSR count). The Kier molecular flexibility index (Phi) is 5.82. The lowest BCUT2D eigenvalue weighted by molar-refractivity contribution is -0.129. The molecule has 0 radical (unpaired) electrons. The molecular formula is C14H18INOS. The van der Waals surface area contributed by atoms with E-state index < -0.39 is 0 Å². The summed E-state index contributed by atoms with van der Waals surface area (Å²) >= 11 is 4.03. The Bertz CT molecular complexity index is 387. The molecule has 0 N–H and O–H groups in total. The maximum Gasteiger partial charge on any atom is 0.232 e. The van der Waals surface area contributed by atoms with Crippen molar-refractivity contribution in [2.45, 2.75) is 25.0 Å². The van der Waals surface area contributed by atoms with Gasteiger partial charge in [-0.2, -0.15) is 0 Å². The number of piperidine rings is 1. The topological polar surface area (TPSA) is 20.3 Å². The van der Waals surface area contributed by atoms with Crippen LogP contribution >= 0.6 is 34.4 Å². The van der Waals surface area contributed by atoms with Crippen LogP contribution in [0, 0.1) is 3.57 Å². The van der Waals surface area contributed by atoms with Crippen molar-refractivity contribution in [2.75, 3.05) is 18.8 Å². The first-order valence-electron chi connectivity index (χ1n) is 6.35. The van der Waals surface area contributed by atoms with Crippen LogP contribution < -0.4 is 0 Å². The predicted octanol–water partition coefficient (Wildman–Crippen LogP) is 3.54. The highest BCUT2D eigenvalue weighted by Crippen LogP contribution is 2.16. The van der Waals surface area contributed by atoms with Gasteiger partial charge in [-0.05, 0) is 59.5 Å². The summed E-state index contributed by atoms with van der Waals surface area (Å²) < 4.78 is 1.26. The van der Waals surface area contributed by atoms with E-state index in [1.165, 1.54) is 28.4 Å². The van der Waals surface area contributed by atoms with Gasteiger partial charge in [0.15, 0.2) is 0 Å². The molecule has 0 bridgehead atoms. The predicted molar refractivity (Wildman–Crippen MR) is 85.8 cm³/mol. The first kappa shape index (κ1) is 14.2. The number of rotatable bonds is 4. The van der Waals surface area contributed by atoms with Crippen LogP contribution in [0.1, 0.15) is 24.8 Å². The number of thioether (sulfide) groups is 1. The van der Waals surface area contributed by atoms with Gasteiger partial charge in [0.1, 0.15) is 0 Å². The minimum atomic E-state index is 0.310. The fraction of sp³-hybridized carbons (Fsp3) is 0.500. The lowest BCUT2D eigenvalue weighted by atomic mass is 10.1. The number of amides is 1. The van der Waals surface area contributed by atoms with Crippen LogP contribution in [-0.4, -0.2) is 29.6 Å². The van der Waals surface area contributed by atoms with Crippen LogP contribution in [0.3, 0.4) is 0 Å². The summed E-state index contributed by atoms with van der Waals surface area (Å²) in [6.07, 6.45) is 3.63. The smallest absolute Gasteiger partial charge is 0.232 e. The van der Waals surface area contributed by atoms with E-state index in [0.717, 1.165) is 18.8 Å². The van der Waals surface area contributed by atoms with Crippen molar-refractivity contribution >= 4 is 40.3 Å². The van der Waals surface area contributed by atoms with Gasteiger partial charge in [-0.25, -0.2) is 0 Å². The zero-order valence-electron chi connectivity index (χ0n) is 10.4. The minimum Gasteiger partial charge on any atom is -0.342 e. The van der Waals surface area contributed by atoms with Gasteiger partial charge in [0.05, 0.1) is 5.75 Å². The van der Waals surface area contributed by atoms with E-state index in [2.05, 4.69) is 46.9 Å². The molecule has 1 aromatic carbocycles. The molecule has 0 atom stereocenters. The molecule has 1 aliphatic rings. The number of benzene rings is 1. The third-order valence-corrected chi connectivity index (χ3v) is 4.82. The molecule has 1 saturated heterocycles. The number of halogens is 1. The van der Waals surface area contributed by atoms with Crippen molar-refractivity contribution in [3.63, 3.8) is 0 Å². The van der Waals surface area contributed by atoms with Gasteiger partial charge in [0.2, 0.25) is 5.91 Å². The van der Waals surface area contributed by atoms with Gasteiger partial charge >= 0.3 is 0 Å². The van der Waals surface area contributed by atoms with Gasteiger partial charge in [-0.15, -0.1) is 11.8 Å². The molecule has 0 unspecified atom stereocenters. The van der Waals surface area contributed by atoms with Crippen LogP contribution in [0.5, 0.6) is 0 Å². The van der Waals surface area contributed by atoms with Gasteiger partial charge in [0.25, 0.3) is 0 Å². The van der Waals surface area contributed by atoms with Crippen LogP contribution in [-0.2, 0) is 10.5 Å². The van der Waals surface area contributed by atoms with Gasteiger partial charge in [-0.1, -0.05) is 12.1 Å². The normalized spacial score (nSPS) is 15.7. The molecule has 2 nitrogen and oxygen atoms in total. The summed E-state index contributed by atoms with van der Waals surface area (Å²) in [6, 6.07) is 8.51. The van der Waals surface area contributed by atoms with Crippen LogP contribution in [0.15, 0.2) is 24.3 Å². The quantitative estimate of drug-likeness (QED) is 0.751. The largest absolute Gasteiger partial charge is 0.342 e. The van der Waals surface area contributed by atoms with E-state index >= 15 is 0 Å². The van der Waals surface area contributed by atoms with E-state index in [0.29, 0.717) is 11.7 Å². The number of nitrogens with zero attached hydrogens (tertiary/aromatic N) is 1. The Balaban J connectivity index is 1.71. The van der Waals surface area contributed by atoms with E-state index in [1.54, 1.807) is 11.8 Å². The van der Waals surface area contributed by atoms with E-state index in [-0.39, 0.29) is 0 Å². The highest BCUT2D eigenvalue weighted by atomic mass is 127. The van der Waals surface area contributed by atoms with Gasteiger partial charge < -0.3 is 4.90 Å². The van der Waals surface area contributed by atoms with Crippen molar-refractivity contribution in [3.05, 3.63) is 33.4 Å². The molecule has 0 saturated carbocycles. The Morgan fingerprint density at radius 1 is 1.17 bits per heavy atom. The third-order valence-electron chi connectivity index (χ3n) is 3.12. The molecule has 98 valence electrons. The highest BCUT2D eigenvalue weighted by Gasteiger charge is 2.15. The summed E-state index contributed by atoms with van der Waals surface area (Å²) in [5.74, 6) is 1.85. The number of carbonyl (C=O) groups excluding carboxylic acids is 1. The van der Waals surface area contributed by atoms with Crippen molar-refractivity contribution in [2.24, 2.45) is 0 Å².